The molecule has 1 N–H and O–H groups in total. The Morgan fingerprint density at radius 3 is 2.28 bits per heavy atom. The number of anilines is 1. The van der Waals surface area contributed by atoms with Crippen molar-refractivity contribution in [1.29, 1.82) is 0 Å². The fraction of sp³-hybridized carbons (Fsp3) is 0.583. The molecule has 0 aromatic heterocycles. The van der Waals surface area contributed by atoms with E-state index in [1.165, 1.54) is 19.3 Å². The number of benzene rings is 2. The lowest BCUT2D eigenvalue weighted by Gasteiger charge is -2.41. The third kappa shape index (κ3) is 7.54. The molecule has 10 heteroatoms. The summed E-state index contributed by atoms with van der Waals surface area (Å²) in [5.41, 5.74) is 5.27. The standard InChI is InChI=1S/C36H48BrN5O4/c1-25-22-27(23-31(37)26(25)2)24-33(34(43)40-17-11-29(12-18-40)39-15-6-3-7-16-39)46-36(45)41-19-13-30(14-20-41)42-21-10-28-8-4-5-9-32(28)38-35(42)44/h4-5,8-9,22-23,29-30,33H,3,6-7,10-21,24H2,1-2H3,(H,38,44)/t33-/m1/s1. The Kier molecular flexibility index (Phi) is 10.5. The van der Waals surface area contributed by atoms with Crippen molar-refractivity contribution >= 4 is 39.6 Å². The average Bonchev–Trinajstić information content (AvgIpc) is 3.25. The molecule has 0 saturated carbocycles. The molecular weight excluding hydrogens is 646 g/mol. The monoisotopic (exact) mass is 693 g/mol. The largest absolute Gasteiger partial charge is 0.436 e. The molecule has 6 rings (SSSR count). The number of aryl methyl sites for hydroxylation is 1. The van der Waals surface area contributed by atoms with Gasteiger partial charge in [0.15, 0.2) is 6.10 Å². The number of piperidine rings is 3. The van der Waals surface area contributed by atoms with Crippen LogP contribution in [0.5, 0.6) is 0 Å². The Bertz CT molecular complexity index is 1390. The van der Waals surface area contributed by atoms with Crippen LogP contribution in [0.25, 0.3) is 0 Å². The topological polar surface area (TPSA) is 85.4 Å². The molecule has 4 amide bonds. The third-order valence-corrected chi connectivity index (χ3v) is 11.4. The maximum Gasteiger partial charge on any atom is 0.410 e. The highest BCUT2D eigenvalue weighted by atomic mass is 79.9. The number of carbonyl (C=O) groups excluding carboxylic acids is 3. The number of para-hydroxylation sites is 1. The third-order valence-electron chi connectivity index (χ3n) is 10.6. The number of rotatable bonds is 6. The Morgan fingerprint density at radius 2 is 1.57 bits per heavy atom. The first-order valence-electron chi connectivity index (χ1n) is 17.2. The van der Waals surface area contributed by atoms with Crippen molar-refractivity contribution in [3.05, 3.63) is 63.1 Å². The number of ether oxygens (including phenoxy) is 1. The Hall–Kier alpha value is -3.11. The summed E-state index contributed by atoms with van der Waals surface area (Å²) < 4.78 is 7.09. The number of hydrogen-bond acceptors (Lipinski definition) is 5. The van der Waals surface area contributed by atoms with Crippen LogP contribution in [-0.4, -0.2) is 102 Å². The number of carbonyl (C=O) groups is 3. The van der Waals surface area contributed by atoms with Crippen molar-refractivity contribution in [1.82, 2.24) is 19.6 Å². The number of halogens is 1. The number of nitrogens with zero attached hydrogens (tertiary/aromatic N) is 4. The maximum atomic E-state index is 14.0. The normalized spacial score (nSPS) is 20.9. The quantitative estimate of drug-likeness (QED) is 0.393. The molecule has 9 nitrogen and oxygen atoms in total. The number of amides is 4. The van der Waals surface area contributed by atoms with Gasteiger partial charge >= 0.3 is 12.1 Å². The number of hydrogen-bond donors (Lipinski definition) is 1. The smallest absolute Gasteiger partial charge is 0.410 e. The highest BCUT2D eigenvalue weighted by Gasteiger charge is 2.36. The van der Waals surface area contributed by atoms with Crippen LogP contribution in [0.4, 0.5) is 15.3 Å². The van der Waals surface area contributed by atoms with E-state index in [0.717, 1.165) is 64.8 Å². The molecule has 3 fully saturated rings. The average molecular weight is 695 g/mol. The van der Waals surface area contributed by atoms with E-state index >= 15 is 0 Å². The molecule has 0 bridgehead atoms. The minimum absolute atomic E-state index is 0.0462. The first kappa shape index (κ1) is 32.8. The maximum absolute atomic E-state index is 14.0. The number of fused-ring (bicyclic) bond motifs is 1. The Morgan fingerprint density at radius 1 is 0.891 bits per heavy atom. The lowest BCUT2D eigenvalue weighted by atomic mass is 9.98. The van der Waals surface area contributed by atoms with Crippen molar-refractivity contribution in [3.8, 4) is 0 Å². The molecule has 4 aliphatic rings. The van der Waals surface area contributed by atoms with Gasteiger partial charge in [0.25, 0.3) is 5.91 Å². The van der Waals surface area contributed by atoms with Crippen LogP contribution >= 0.6 is 15.9 Å². The highest BCUT2D eigenvalue weighted by molar-refractivity contribution is 9.10. The molecule has 2 aromatic carbocycles. The number of urea groups is 1. The Balaban J connectivity index is 1.09. The van der Waals surface area contributed by atoms with Gasteiger partial charge in [0.1, 0.15) is 0 Å². The summed E-state index contributed by atoms with van der Waals surface area (Å²) in [6.45, 7) is 9.45. The summed E-state index contributed by atoms with van der Waals surface area (Å²) in [4.78, 5) is 48.8. The van der Waals surface area contributed by atoms with E-state index < -0.39 is 12.2 Å². The van der Waals surface area contributed by atoms with Crippen LogP contribution in [0.1, 0.15) is 67.2 Å². The molecule has 46 heavy (non-hydrogen) atoms. The lowest BCUT2D eigenvalue weighted by molar-refractivity contribution is -0.142. The van der Waals surface area contributed by atoms with Crippen molar-refractivity contribution in [2.24, 2.45) is 0 Å². The van der Waals surface area contributed by atoms with Crippen molar-refractivity contribution in [2.75, 3.05) is 51.1 Å². The van der Waals surface area contributed by atoms with E-state index in [0.29, 0.717) is 58.0 Å². The molecule has 1 atom stereocenters. The van der Waals surface area contributed by atoms with Gasteiger partial charge < -0.3 is 29.7 Å². The molecule has 0 spiro atoms. The second kappa shape index (κ2) is 14.8. The van der Waals surface area contributed by atoms with E-state index in [1.807, 2.05) is 34.1 Å². The fourth-order valence-corrected chi connectivity index (χ4v) is 8.24. The van der Waals surface area contributed by atoms with Gasteiger partial charge in [-0.15, -0.1) is 0 Å². The van der Waals surface area contributed by atoms with Gasteiger partial charge in [-0.1, -0.05) is 46.6 Å². The van der Waals surface area contributed by atoms with Crippen LogP contribution in [0.15, 0.2) is 40.9 Å². The molecule has 0 unspecified atom stereocenters. The molecule has 4 aliphatic heterocycles. The number of nitrogens with one attached hydrogen (secondary N) is 1. The van der Waals surface area contributed by atoms with Gasteiger partial charge in [-0.3, -0.25) is 4.79 Å². The molecular formula is C36H48BrN5O4. The summed E-state index contributed by atoms with van der Waals surface area (Å²) in [7, 11) is 0. The zero-order valence-electron chi connectivity index (χ0n) is 27.3. The van der Waals surface area contributed by atoms with Crippen LogP contribution in [0, 0.1) is 13.8 Å². The summed E-state index contributed by atoms with van der Waals surface area (Å²) in [6, 6.07) is 12.6. The van der Waals surface area contributed by atoms with Crippen LogP contribution in [0.3, 0.4) is 0 Å². The second-order valence-corrected chi connectivity index (χ2v) is 14.4. The van der Waals surface area contributed by atoms with Gasteiger partial charge in [0.05, 0.1) is 0 Å². The highest BCUT2D eigenvalue weighted by Crippen LogP contribution is 2.27. The predicted octanol–water partition coefficient (Wildman–Crippen LogP) is 6.15. The van der Waals surface area contributed by atoms with E-state index in [9.17, 15) is 14.4 Å². The fourth-order valence-electron chi connectivity index (χ4n) is 7.63. The van der Waals surface area contributed by atoms with Gasteiger partial charge in [-0.25, -0.2) is 9.59 Å². The summed E-state index contributed by atoms with van der Waals surface area (Å²) in [5.74, 6) is -0.101. The van der Waals surface area contributed by atoms with Gasteiger partial charge in [0.2, 0.25) is 0 Å². The Labute approximate surface area is 281 Å². The van der Waals surface area contributed by atoms with Crippen LogP contribution in [0.2, 0.25) is 0 Å². The van der Waals surface area contributed by atoms with Crippen molar-refractivity contribution in [3.63, 3.8) is 0 Å². The molecule has 2 aromatic rings. The minimum atomic E-state index is -0.888. The van der Waals surface area contributed by atoms with Crippen molar-refractivity contribution < 1.29 is 19.1 Å². The molecule has 4 heterocycles. The molecule has 248 valence electrons. The van der Waals surface area contributed by atoms with E-state index in [-0.39, 0.29) is 18.0 Å². The molecule has 3 saturated heterocycles. The number of likely N-dealkylation sites (tertiary alicyclic amines) is 3. The predicted molar refractivity (Wildman–Crippen MR) is 183 cm³/mol. The SMILES string of the molecule is Cc1cc(C[C@@H](OC(=O)N2CCC(N3CCc4ccccc4NC3=O)CC2)C(=O)N2CCC(N3CCCCC3)CC2)cc(Br)c1C. The first-order chi connectivity index (χ1) is 22.3. The lowest BCUT2D eigenvalue weighted by Crippen LogP contribution is -2.53. The summed E-state index contributed by atoms with van der Waals surface area (Å²) >= 11 is 3.67. The zero-order chi connectivity index (χ0) is 32.2. The molecule has 0 aliphatic carbocycles. The van der Waals surface area contributed by atoms with Crippen LogP contribution < -0.4 is 5.32 Å². The van der Waals surface area contributed by atoms with E-state index in [1.54, 1.807) is 4.90 Å². The van der Waals surface area contributed by atoms with Gasteiger partial charge in [-0.2, -0.15) is 0 Å². The minimum Gasteiger partial charge on any atom is -0.436 e. The summed E-state index contributed by atoms with van der Waals surface area (Å²) in [5, 5.41) is 3.06. The van der Waals surface area contributed by atoms with E-state index in [2.05, 4.69) is 52.1 Å². The van der Waals surface area contributed by atoms with E-state index in [4.69, 9.17) is 4.74 Å². The zero-order valence-corrected chi connectivity index (χ0v) is 28.9. The van der Waals surface area contributed by atoms with Crippen molar-refractivity contribution in [2.45, 2.75) is 89.8 Å². The first-order valence-corrected chi connectivity index (χ1v) is 18.0. The van der Waals surface area contributed by atoms with Gasteiger partial charge in [0, 0.05) is 61.4 Å². The summed E-state index contributed by atoms with van der Waals surface area (Å²) in [6.07, 6.45) is 6.91. The van der Waals surface area contributed by atoms with Gasteiger partial charge in [-0.05, 0) is 106 Å². The molecule has 0 radical (unpaired) electrons. The second-order valence-electron chi connectivity index (χ2n) is 13.5. The van der Waals surface area contributed by atoms with Crippen LogP contribution in [-0.2, 0) is 22.4 Å².